The Balaban J connectivity index is 1.45. The van der Waals surface area contributed by atoms with Crippen LogP contribution in [-0.2, 0) is 14.8 Å². The fraction of sp³-hybridized carbons (Fsp3) is 0.591. The van der Waals surface area contributed by atoms with E-state index in [4.69, 9.17) is 9.47 Å². The Morgan fingerprint density at radius 3 is 2.33 bits per heavy atom. The Labute approximate surface area is 179 Å². The lowest BCUT2D eigenvalue weighted by Gasteiger charge is -2.31. The lowest BCUT2D eigenvalue weighted by molar-refractivity contribution is 0.0608. The second-order valence-electron chi connectivity index (χ2n) is 8.30. The molecule has 3 rings (SSSR count). The molecule has 0 unspecified atom stereocenters. The van der Waals surface area contributed by atoms with Crippen LogP contribution < -0.4 is 4.74 Å². The molecule has 0 aliphatic carbocycles. The second kappa shape index (κ2) is 9.83. The number of piperidine rings is 1. The average molecular weight is 437 g/mol. The van der Waals surface area contributed by atoms with Gasteiger partial charge in [-0.15, -0.1) is 0 Å². The minimum Gasteiger partial charge on any atom is -0.493 e. The van der Waals surface area contributed by atoms with Gasteiger partial charge in [-0.25, -0.2) is 13.2 Å². The molecular formula is C22H32N2O5S. The number of sulfonamides is 1. The number of ether oxygens (including phenoxy) is 2. The number of amides is 1. The van der Waals surface area contributed by atoms with E-state index in [-0.39, 0.29) is 12.2 Å². The van der Waals surface area contributed by atoms with E-state index in [0.29, 0.717) is 45.1 Å². The standard InChI is InChI=1S/C22H32N2O5S/c1-17(2)29-22(25)23-12-8-18(9-13-23)16-28-21-6-4-19(5-7-21)20-10-14-24(15-11-20)30(3,26)27/h4-7,10,17-18H,8-9,11-16H2,1-3H3. The van der Waals surface area contributed by atoms with Gasteiger partial charge in [-0.1, -0.05) is 18.2 Å². The lowest BCUT2D eigenvalue weighted by Crippen LogP contribution is -2.40. The highest BCUT2D eigenvalue weighted by molar-refractivity contribution is 7.88. The van der Waals surface area contributed by atoms with Crippen LogP contribution in [0.2, 0.25) is 0 Å². The maximum absolute atomic E-state index is 12.0. The molecule has 166 valence electrons. The Hall–Kier alpha value is -2.06. The van der Waals surface area contributed by atoms with E-state index < -0.39 is 10.0 Å². The molecule has 1 aromatic rings. The number of hydrogen-bond donors (Lipinski definition) is 0. The van der Waals surface area contributed by atoms with Crippen LogP contribution in [-0.4, -0.2) is 68.9 Å². The van der Waals surface area contributed by atoms with E-state index >= 15 is 0 Å². The van der Waals surface area contributed by atoms with Crippen molar-refractivity contribution in [3.63, 3.8) is 0 Å². The van der Waals surface area contributed by atoms with Crippen LogP contribution >= 0.6 is 0 Å². The van der Waals surface area contributed by atoms with Crippen LogP contribution in [0.3, 0.4) is 0 Å². The number of hydrogen-bond acceptors (Lipinski definition) is 5. The van der Waals surface area contributed by atoms with Crippen molar-refractivity contribution < 1.29 is 22.7 Å². The maximum atomic E-state index is 12.0. The number of carbonyl (C=O) groups excluding carboxylic acids is 1. The zero-order chi connectivity index (χ0) is 21.7. The monoisotopic (exact) mass is 436 g/mol. The molecule has 0 aromatic heterocycles. The van der Waals surface area contributed by atoms with Gasteiger partial charge in [-0.2, -0.15) is 4.31 Å². The summed E-state index contributed by atoms with van der Waals surface area (Å²) in [4.78, 5) is 13.7. The molecule has 0 N–H and O–H groups in total. The molecule has 1 amide bonds. The summed E-state index contributed by atoms with van der Waals surface area (Å²) in [6.07, 6.45) is 5.45. The third kappa shape index (κ3) is 6.22. The molecular weight excluding hydrogens is 404 g/mol. The highest BCUT2D eigenvalue weighted by Crippen LogP contribution is 2.26. The van der Waals surface area contributed by atoms with Gasteiger partial charge in [0.2, 0.25) is 10.0 Å². The number of nitrogens with zero attached hydrogens (tertiary/aromatic N) is 2. The zero-order valence-electron chi connectivity index (χ0n) is 18.0. The molecule has 0 bridgehead atoms. The molecule has 2 aliphatic rings. The van der Waals surface area contributed by atoms with Crippen LogP contribution in [0.5, 0.6) is 5.75 Å². The third-order valence-corrected chi connectivity index (χ3v) is 6.83. The molecule has 0 spiro atoms. The van der Waals surface area contributed by atoms with Gasteiger partial charge in [0.15, 0.2) is 0 Å². The van der Waals surface area contributed by atoms with Crippen LogP contribution in [0.25, 0.3) is 5.57 Å². The van der Waals surface area contributed by atoms with Gasteiger partial charge >= 0.3 is 6.09 Å². The number of likely N-dealkylation sites (tertiary alicyclic amines) is 1. The molecule has 0 atom stereocenters. The van der Waals surface area contributed by atoms with E-state index in [0.717, 1.165) is 24.2 Å². The maximum Gasteiger partial charge on any atom is 0.410 e. The van der Waals surface area contributed by atoms with Crippen molar-refractivity contribution in [2.75, 3.05) is 39.0 Å². The molecule has 7 nitrogen and oxygen atoms in total. The SMILES string of the molecule is CC(C)OC(=O)N1CCC(COc2ccc(C3=CCN(S(C)(=O)=O)CC3)cc2)CC1. The normalized spacial score (nSPS) is 18.9. The summed E-state index contributed by atoms with van der Waals surface area (Å²) < 4.78 is 36.0. The summed E-state index contributed by atoms with van der Waals surface area (Å²) in [5, 5.41) is 0. The zero-order valence-corrected chi connectivity index (χ0v) is 18.9. The van der Waals surface area contributed by atoms with Crippen molar-refractivity contribution in [1.82, 2.24) is 9.21 Å². The van der Waals surface area contributed by atoms with Crippen molar-refractivity contribution in [3.05, 3.63) is 35.9 Å². The van der Waals surface area contributed by atoms with Crippen molar-refractivity contribution >= 4 is 21.7 Å². The van der Waals surface area contributed by atoms with Gasteiger partial charge in [0, 0.05) is 26.2 Å². The van der Waals surface area contributed by atoms with Gasteiger partial charge in [0.25, 0.3) is 0 Å². The third-order valence-electron chi connectivity index (χ3n) is 5.56. The fourth-order valence-electron chi connectivity index (χ4n) is 3.75. The summed E-state index contributed by atoms with van der Waals surface area (Å²) in [6.45, 7) is 6.71. The van der Waals surface area contributed by atoms with Crippen LogP contribution in [0, 0.1) is 5.92 Å². The number of rotatable bonds is 6. The molecule has 2 heterocycles. The van der Waals surface area contributed by atoms with Crippen molar-refractivity contribution in [2.24, 2.45) is 5.92 Å². The first-order valence-corrected chi connectivity index (χ1v) is 12.4. The smallest absolute Gasteiger partial charge is 0.410 e. The number of benzene rings is 1. The van der Waals surface area contributed by atoms with Gasteiger partial charge in [0.1, 0.15) is 5.75 Å². The molecule has 1 saturated heterocycles. The first-order chi connectivity index (χ1) is 14.2. The van der Waals surface area contributed by atoms with E-state index in [1.54, 1.807) is 4.90 Å². The second-order valence-corrected chi connectivity index (χ2v) is 10.3. The summed E-state index contributed by atoms with van der Waals surface area (Å²) >= 11 is 0. The van der Waals surface area contributed by atoms with E-state index in [2.05, 4.69) is 0 Å². The highest BCUT2D eigenvalue weighted by Gasteiger charge is 2.25. The van der Waals surface area contributed by atoms with E-state index in [1.807, 2.05) is 44.2 Å². The Kier molecular flexibility index (Phi) is 7.41. The molecule has 30 heavy (non-hydrogen) atoms. The minimum absolute atomic E-state index is 0.0930. The van der Waals surface area contributed by atoms with Gasteiger partial charge < -0.3 is 14.4 Å². The first-order valence-electron chi connectivity index (χ1n) is 10.6. The molecule has 8 heteroatoms. The Morgan fingerprint density at radius 1 is 1.13 bits per heavy atom. The van der Waals surface area contributed by atoms with Crippen molar-refractivity contribution in [1.29, 1.82) is 0 Å². The van der Waals surface area contributed by atoms with Crippen molar-refractivity contribution in [2.45, 2.75) is 39.2 Å². The lowest BCUT2D eigenvalue weighted by atomic mass is 9.98. The molecule has 1 fully saturated rings. The van der Waals surface area contributed by atoms with E-state index in [1.165, 1.54) is 16.1 Å². The van der Waals surface area contributed by atoms with Crippen molar-refractivity contribution in [3.8, 4) is 5.75 Å². The first kappa shape index (κ1) is 22.6. The van der Waals surface area contributed by atoms with Gasteiger partial charge in [-0.05, 0) is 62.3 Å². The molecule has 0 saturated carbocycles. The molecule has 1 aromatic carbocycles. The van der Waals surface area contributed by atoms with Crippen LogP contribution in [0.1, 0.15) is 38.7 Å². The largest absolute Gasteiger partial charge is 0.493 e. The quantitative estimate of drug-likeness (QED) is 0.683. The van der Waals surface area contributed by atoms with Gasteiger partial charge in [0.05, 0.1) is 19.0 Å². The Morgan fingerprint density at radius 2 is 1.80 bits per heavy atom. The highest BCUT2D eigenvalue weighted by atomic mass is 32.2. The van der Waals surface area contributed by atoms with Gasteiger partial charge in [-0.3, -0.25) is 0 Å². The average Bonchev–Trinajstić information content (AvgIpc) is 2.72. The predicted octanol–water partition coefficient (Wildman–Crippen LogP) is 3.37. The van der Waals surface area contributed by atoms with Crippen LogP contribution in [0.15, 0.2) is 30.3 Å². The molecule has 2 aliphatic heterocycles. The summed E-state index contributed by atoms with van der Waals surface area (Å²) in [6, 6.07) is 7.99. The summed E-state index contributed by atoms with van der Waals surface area (Å²) in [7, 11) is -3.13. The predicted molar refractivity (Wildman–Crippen MR) is 117 cm³/mol. The fourth-order valence-corrected chi connectivity index (χ4v) is 4.52. The number of carbonyl (C=O) groups is 1. The minimum atomic E-state index is -3.13. The Bertz CT molecular complexity index is 856. The summed E-state index contributed by atoms with van der Waals surface area (Å²) in [5.74, 6) is 1.25. The summed E-state index contributed by atoms with van der Waals surface area (Å²) in [5.41, 5.74) is 2.27. The van der Waals surface area contributed by atoms with Crippen LogP contribution in [0.4, 0.5) is 4.79 Å². The topological polar surface area (TPSA) is 76.2 Å². The molecule has 0 radical (unpaired) electrons. The van der Waals surface area contributed by atoms with E-state index in [9.17, 15) is 13.2 Å².